The van der Waals surface area contributed by atoms with Gasteiger partial charge in [0.15, 0.2) is 11.4 Å². The van der Waals surface area contributed by atoms with Crippen LogP contribution in [0.4, 0.5) is 0 Å². The van der Waals surface area contributed by atoms with E-state index in [1.54, 1.807) is 0 Å². The molecule has 2 aromatic rings. The first kappa shape index (κ1) is 13.0. The molecule has 2 aliphatic rings. The SMILES string of the molecule is OC1(c2nc(C3CCCc4ccccc43)no2)CCNC1. The highest BCUT2D eigenvalue weighted by Crippen LogP contribution is 2.36. The van der Waals surface area contributed by atoms with Crippen molar-refractivity contribution in [3.63, 3.8) is 0 Å². The van der Waals surface area contributed by atoms with Gasteiger partial charge in [-0.05, 0) is 43.4 Å². The van der Waals surface area contributed by atoms with Gasteiger partial charge in [-0.25, -0.2) is 0 Å². The van der Waals surface area contributed by atoms with E-state index in [1.165, 1.54) is 11.1 Å². The molecule has 0 amide bonds. The second kappa shape index (κ2) is 4.93. The third kappa shape index (κ3) is 2.17. The van der Waals surface area contributed by atoms with Crippen molar-refractivity contribution in [3.05, 3.63) is 47.1 Å². The van der Waals surface area contributed by atoms with E-state index >= 15 is 0 Å². The van der Waals surface area contributed by atoms with Crippen LogP contribution in [0, 0.1) is 0 Å². The Morgan fingerprint density at radius 1 is 1.33 bits per heavy atom. The second-order valence-corrected chi connectivity index (χ2v) is 6.06. The number of nitrogens with one attached hydrogen (secondary N) is 1. The molecule has 2 N–H and O–H groups in total. The van der Waals surface area contributed by atoms with Crippen LogP contribution in [0.5, 0.6) is 0 Å². The summed E-state index contributed by atoms with van der Waals surface area (Å²) in [5, 5.41) is 17.8. The average Bonchev–Trinajstić information content (AvgIpc) is 3.16. The molecule has 4 rings (SSSR count). The summed E-state index contributed by atoms with van der Waals surface area (Å²) in [5.74, 6) is 1.24. The number of fused-ring (bicyclic) bond motifs is 1. The summed E-state index contributed by atoms with van der Waals surface area (Å²) in [6, 6.07) is 8.47. The van der Waals surface area contributed by atoms with E-state index in [9.17, 15) is 5.11 Å². The van der Waals surface area contributed by atoms with Crippen molar-refractivity contribution in [1.82, 2.24) is 15.5 Å². The summed E-state index contributed by atoms with van der Waals surface area (Å²) >= 11 is 0. The Morgan fingerprint density at radius 3 is 3.10 bits per heavy atom. The van der Waals surface area contributed by atoms with Gasteiger partial charge in [-0.1, -0.05) is 29.4 Å². The van der Waals surface area contributed by atoms with Crippen molar-refractivity contribution in [2.24, 2.45) is 0 Å². The van der Waals surface area contributed by atoms with Crippen LogP contribution in [-0.4, -0.2) is 28.3 Å². The highest BCUT2D eigenvalue weighted by Gasteiger charge is 2.39. The number of benzene rings is 1. The lowest BCUT2D eigenvalue weighted by atomic mass is 9.82. The van der Waals surface area contributed by atoms with Gasteiger partial charge in [0, 0.05) is 12.5 Å². The van der Waals surface area contributed by atoms with E-state index in [0.29, 0.717) is 24.7 Å². The topological polar surface area (TPSA) is 71.2 Å². The number of β-amino-alcohol motifs (C(OH)–C–C–N with tert-alkyl or cyclic N) is 1. The van der Waals surface area contributed by atoms with Crippen LogP contribution in [0.3, 0.4) is 0 Å². The molecule has 0 radical (unpaired) electrons. The van der Waals surface area contributed by atoms with E-state index in [-0.39, 0.29) is 5.92 Å². The standard InChI is InChI=1S/C16H19N3O2/c20-16(8-9-17-10-16)15-18-14(19-21-15)13-7-3-5-11-4-1-2-6-12(11)13/h1-2,4,6,13,17,20H,3,5,7-10H2. The highest BCUT2D eigenvalue weighted by molar-refractivity contribution is 5.36. The molecule has 0 saturated carbocycles. The van der Waals surface area contributed by atoms with Gasteiger partial charge in [0.1, 0.15) is 0 Å². The quantitative estimate of drug-likeness (QED) is 0.879. The molecular formula is C16H19N3O2. The molecule has 2 atom stereocenters. The second-order valence-electron chi connectivity index (χ2n) is 6.06. The smallest absolute Gasteiger partial charge is 0.260 e. The number of hydrogen-bond donors (Lipinski definition) is 2. The zero-order valence-electron chi connectivity index (χ0n) is 11.9. The van der Waals surface area contributed by atoms with Crippen LogP contribution in [0.25, 0.3) is 0 Å². The van der Waals surface area contributed by atoms with Crippen LogP contribution in [0.1, 0.15) is 48.0 Å². The Bertz CT molecular complexity index is 646. The van der Waals surface area contributed by atoms with Crippen LogP contribution < -0.4 is 5.32 Å². The number of aryl methyl sites for hydroxylation is 1. The minimum atomic E-state index is -1.00. The average molecular weight is 285 g/mol. The molecule has 5 heteroatoms. The van der Waals surface area contributed by atoms with Crippen molar-refractivity contribution in [2.45, 2.75) is 37.2 Å². The molecule has 1 aliphatic carbocycles. The number of nitrogens with zero attached hydrogens (tertiary/aromatic N) is 2. The van der Waals surface area contributed by atoms with Gasteiger partial charge < -0.3 is 14.9 Å². The third-order valence-electron chi connectivity index (χ3n) is 4.65. The molecule has 1 fully saturated rings. The number of aliphatic hydroxyl groups is 1. The first-order chi connectivity index (χ1) is 10.3. The first-order valence-corrected chi connectivity index (χ1v) is 7.61. The molecule has 2 unspecified atom stereocenters. The van der Waals surface area contributed by atoms with Gasteiger partial charge in [0.25, 0.3) is 5.89 Å². The molecule has 1 aliphatic heterocycles. The molecular weight excluding hydrogens is 266 g/mol. The Hall–Kier alpha value is -1.72. The largest absolute Gasteiger partial charge is 0.379 e. The Kier molecular flexibility index (Phi) is 3.05. The summed E-state index contributed by atoms with van der Waals surface area (Å²) in [5.41, 5.74) is 1.67. The lowest BCUT2D eigenvalue weighted by molar-refractivity contribution is 0.0243. The van der Waals surface area contributed by atoms with Crippen molar-refractivity contribution in [3.8, 4) is 0 Å². The lowest BCUT2D eigenvalue weighted by Crippen LogP contribution is -2.28. The minimum Gasteiger partial charge on any atom is -0.379 e. The molecule has 0 spiro atoms. The van der Waals surface area contributed by atoms with E-state index in [2.05, 4.69) is 39.7 Å². The molecule has 110 valence electrons. The molecule has 1 aromatic heterocycles. The maximum atomic E-state index is 10.5. The van der Waals surface area contributed by atoms with Crippen LogP contribution in [-0.2, 0) is 12.0 Å². The van der Waals surface area contributed by atoms with Crippen molar-refractivity contribution in [2.75, 3.05) is 13.1 Å². The lowest BCUT2D eigenvalue weighted by Gasteiger charge is -2.22. The van der Waals surface area contributed by atoms with E-state index < -0.39 is 5.60 Å². The number of rotatable bonds is 2. The Balaban J connectivity index is 1.68. The summed E-state index contributed by atoms with van der Waals surface area (Å²) in [7, 11) is 0. The van der Waals surface area contributed by atoms with Crippen LogP contribution >= 0.6 is 0 Å². The van der Waals surface area contributed by atoms with Gasteiger partial charge in [0.2, 0.25) is 0 Å². The van der Waals surface area contributed by atoms with Crippen LogP contribution in [0.2, 0.25) is 0 Å². The van der Waals surface area contributed by atoms with E-state index in [1.807, 2.05) is 0 Å². The molecule has 0 bridgehead atoms. The van der Waals surface area contributed by atoms with E-state index in [0.717, 1.165) is 25.8 Å². The number of aromatic nitrogens is 2. The van der Waals surface area contributed by atoms with Gasteiger partial charge in [-0.2, -0.15) is 4.98 Å². The maximum Gasteiger partial charge on any atom is 0.260 e. The molecule has 21 heavy (non-hydrogen) atoms. The fourth-order valence-corrected chi connectivity index (χ4v) is 3.45. The Morgan fingerprint density at radius 2 is 2.24 bits per heavy atom. The predicted octanol–water partition coefficient (Wildman–Crippen LogP) is 1.72. The number of hydrogen-bond acceptors (Lipinski definition) is 5. The Labute approximate surface area is 123 Å². The monoisotopic (exact) mass is 285 g/mol. The predicted molar refractivity (Wildman–Crippen MR) is 76.9 cm³/mol. The highest BCUT2D eigenvalue weighted by atomic mass is 16.5. The normalized spacial score (nSPS) is 28.5. The van der Waals surface area contributed by atoms with Gasteiger partial charge >= 0.3 is 0 Å². The first-order valence-electron chi connectivity index (χ1n) is 7.61. The zero-order chi connectivity index (χ0) is 14.3. The zero-order valence-corrected chi connectivity index (χ0v) is 11.9. The molecule has 2 heterocycles. The fourth-order valence-electron chi connectivity index (χ4n) is 3.45. The van der Waals surface area contributed by atoms with Crippen LogP contribution in [0.15, 0.2) is 28.8 Å². The molecule has 1 saturated heterocycles. The summed E-state index contributed by atoms with van der Waals surface area (Å²) in [6.45, 7) is 1.26. The summed E-state index contributed by atoms with van der Waals surface area (Å²) in [4.78, 5) is 4.52. The minimum absolute atomic E-state index is 0.186. The van der Waals surface area contributed by atoms with Crippen molar-refractivity contribution < 1.29 is 9.63 Å². The fraction of sp³-hybridized carbons (Fsp3) is 0.500. The molecule has 5 nitrogen and oxygen atoms in total. The summed E-state index contributed by atoms with van der Waals surface area (Å²) in [6.07, 6.45) is 3.91. The van der Waals surface area contributed by atoms with E-state index in [4.69, 9.17) is 4.52 Å². The molecule has 1 aromatic carbocycles. The van der Waals surface area contributed by atoms with Crippen molar-refractivity contribution in [1.29, 1.82) is 0 Å². The third-order valence-corrected chi connectivity index (χ3v) is 4.65. The van der Waals surface area contributed by atoms with Gasteiger partial charge in [0.05, 0.1) is 0 Å². The van der Waals surface area contributed by atoms with Crippen molar-refractivity contribution >= 4 is 0 Å². The summed E-state index contributed by atoms with van der Waals surface area (Å²) < 4.78 is 5.37. The van der Waals surface area contributed by atoms with Gasteiger partial charge in [-0.3, -0.25) is 0 Å². The maximum absolute atomic E-state index is 10.5. The van der Waals surface area contributed by atoms with Gasteiger partial charge in [-0.15, -0.1) is 0 Å².